The molecule has 0 aliphatic heterocycles. The Bertz CT molecular complexity index is 2000. The van der Waals surface area contributed by atoms with Gasteiger partial charge in [0.05, 0.1) is 0 Å². The van der Waals surface area contributed by atoms with Gasteiger partial charge in [0, 0.05) is 17.1 Å². The third-order valence-corrected chi connectivity index (χ3v) is 7.99. The topological polar surface area (TPSA) is 3.24 Å². The normalized spacial score (nSPS) is 11.6. The predicted molar refractivity (Wildman–Crippen MR) is 168 cm³/mol. The van der Waals surface area contributed by atoms with Crippen LogP contribution in [0.2, 0.25) is 0 Å². The minimum Gasteiger partial charge on any atom is -0.311 e. The molecule has 0 saturated carbocycles. The van der Waals surface area contributed by atoms with Crippen molar-refractivity contribution in [1.29, 1.82) is 0 Å². The summed E-state index contributed by atoms with van der Waals surface area (Å²) in [6.07, 6.45) is 0. The molecule has 0 heterocycles. The number of hydrogen-bond acceptors (Lipinski definition) is 1. The summed E-state index contributed by atoms with van der Waals surface area (Å²) >= 11 is 0. The standard InChI is InChI=1S/C38H25N/c1-3-12-28(13-4-1)39(29-14-5-2-6-15-29)30-22-20-26(21-23-30)31-24-25-36-34-17-8-11-27-10-7-16-33(37(27)34)35-19-9-18-32(31)38(35)36/h1-25H. The number of para-hydroxylation sites is 2. The average Bonchev–Trinajstić information content (AvgIpc) is 3.01. The lowest BCUT2D eigenvalue weighted by Crippen LogP contribution is -2.09. The molecule has 0 radical (unpaired) electrons. The first-order valence-corrected chi connectivity index (χ1v) is 13.5. The zero-order valence-corrected chi connectivity index (χ0v) is 21.4. The van der Waals surface area contributed by atoms with Crippen LogP contribution in [0, 0.1) is 0 Å². The summed E-state index contributed by atoms with van der Waals surface area (Å²) < 4.78 is 0. The molecule has 0 bridgehead atoms. The Balaban J connectivity index is 1.31. The molecule has 8 rings (SSSR count). The van der Waals surface area contributed by atoms with Crippen molar-refractivity contribution in [1.82, 2.24) is 0 Å². The van der Waals surface area contributed by atoms with Crippen LogP contribution in [0.15, 0.2) is 152 Å². The molecule has 8 aromatic rings. The highest BCUT2D eigenvalue weighted by atomic mass is 15.1. The minimum atomic E-state index is 1.14. The van der Waals surface area contributed by atoms with Gasteiger partial charge in [0.15, 0.2) is 0 Å². The molecule has 1 heteroatoms. The van der Waals surface area contributed by atoms with Crippen molar-refractivity contribution in [3.05, 3.63) is 152 Å². The average molecular weight is 496 g/mol. The lowest BCUT2D eigenvalue weighted by atomic mass is 9.87. The van der Waals surface area contributed by atoms with Gasteiger partial charge in [0.25, 0.3) is 0 Å². The molecule has 0 unspecified atom stereocenters. The van der Waals surface area contributed by atoms with Gasteiger partial charge < -0.3 is 4.90 Å². The van der Waals surface area contributed by atoms with E-state index in [-0.39, 0.29) is 0 Å². The first kappa shape index (κ1) is 21.9. The second-order valence-electron chi connectivity index (χ2n) is 10.2. The molecule has 39 heavy (non-hydrogen) atoms. The van der Waals surface area contributed by atoms with Crippen LogP contribution in [0.25, 0.3) is 54.2 Å². The van der Waals surface area contributed by atoms with Crippen molar-refractivity contribution in [2.45, 2.75) is 0 Å². The third-order valence-electron chi connectivity index (χ3n) is 7.99. The van der Waals surface area contributed by atoms with Gasteiger partial charge >= 0.3 is 0 Å². The summed E-state index contributed by atoms with van der Waals surface area (Å²) in [5.41, 5.74) is 5.91. The molecule has 182 valence electrons. The van der Waals surface area contributed by atoms with Gasteiger partial charge in [-0.3, -0.25) is 0 Å². The number of hydrogen-bond donors (Lipinski definition) is 0. The van der Waals surface area contributed by atoms with E-state index in [1.165, 1.54) is 54.2 Å². The van der Waals surface area contributed by atoms with E-state index in [4.69, 9.17) is 0 Å². The number of nitrogens with zero attached hydrogens (tertiary/aromatic N) is 1. The summed E-state index contributed by atoms with van der Waals surface area (Å²) in [6.45, 7) is 0. The molecular weight excluding hydrogens is 470 g/mol. The zero-order valence-electron chi connectivity index (χ0n) is 21.4. The van der Waals surface area contributed by atoms with Gasteiger partial charge in [-0.25, -0.2) is 0 Å². The predicted octanol–water partition coefficient (Wildman–Crippen LogP) is 10.9. The summed E-state index contributed by atoms with van der Waals surface area (Å²) in [4.78, 5) is 2.30. The third kappa shape index (κ3) is 3.41. The van der Waals surface area contributed by atoms with E-state index < -0.39 is 0 Å². The smallest absolute Gasteiger partial charge is 0.0462 e. The maximum Gasteiger partial charge on any atom is 0.0462 e. The summed E-state index contributed by atoms with van der Waals surface area (Å²) in [5.74, 6) is 0. The van der Waals surface area contributed by atoms with Crippen LogP contribution in [0.5, 0.6) is 0 Å². The fourth-order valence-corrected chi connectivity index (χ4v) is 6.29. The largest absolute Gasteiger partial charge is 0.311 e. The van der Waals surface area contributed by atoms with Crippen LogP contribution in [0.4, 0.5) is 17.1 Å². The second kappa shape index (κ2) is 8.72. The number of rotatable bonds is 4. The van der Waals surface area contributed by atoms with Crippen molar-refractivity contribution in [2.75, 3.05) is 4.90 Å². The Morgan fingerprint density at radius 3 is 1.41 bits per heavy atom. The molecule has 0 saturated heterocycles. The van der Waals surface area contributed by atoms with E-state index in [1.54, 1.807) is 0 Å². The molecule has 0 spiro atoms. The van der Waals surface area contributed by atoms with Crippen LogP contribution >= 0.6 is 0 Å². The fourth-order valence-electron chi connectivity index (χ4n) is 6.29. The van der Waals surface area contributed by atoms with E-state index in [0.717, 1.165) is 17.1 Å². The number of fused-ring (bicyclic) bond motifs is 2. The van der Waals surface area contributed by atoms with Crippen LogP contribution in [-0.4, -0.2) is 0 Å². The zero-order chi connectivity index (χ0) is 25.8. The Morgan fingerprint density at radius 2 is 0.795 bits per heavy atom. The quantitative estimate of drug-likeness (QED) is 0.173. The van der Waals surface area contributed by atoms with E-state index >= 15 is 0 Å². The highest BCUT2D eigenvalue weighted by Gasteiger charge is 2.16. The first-order valence-electron chi connectivity index (χ1n) is 13.5. The Labute approximate surface area is 227 Å². The van der Waals surface area contributed by atoms with Crippen LogP contribution in [0.3, 0.4) is 0 Å². The summed E-state index contributed by atoms with van der Waals surface area (Å²) in [6, 6.07) is 54.8. The molecule has 8 aromatic carbocycles. The number of anilines is 3. The monoisotopic (exact) mass is 495 g/mol. The number of benzene rings is 8. The van der Waals surface area contributed by atoms with Gasteiger partial charge in [-0.15, -0.1) is 0 Å². The lowest BCUT2D eigenvalue weighted by molar-refractivity contribution is 1.28. The van der Waals surface area contributed by atoms with E-state index in [1.807, 2.05) is 0 Å². The fraction of sp³-hybridized carbons (Fsp3) is 0. The van der Waals surface area contributed by atoms with Gasteiger partial charge in [0.1, 0.15) is 0 Å². The molecule has 0 aliphatic carbocycles. The van der Waals surface area contributed by atoms with Crippen LogP contribution in [-0.2, 0) is 0 Å². The van der Waals surface area contributed by atoms with Crippen molar-refractivity contribution in [2.24, 2.45) is 0 Å². The van der Waals surface area contributed by atoms with Crippen molar-refractivity contribution in [3.63, 3.8) is 0 Å². The van der Waals surface area contributed by atoms with Crippen molar-refractivity contribution in [3.8, 4) is 11.1 Å². The highest BCUT2D eigenvalue weighted by molar-refractivity contribution is 6.34. The molecule has 0 aliphatic rings. The van der Waals surface area contributed by atoms with Crippen molar-refractivity contribution < 1.29 is 0 Å². The van der Waals surface area contributed by atoms with Gasteiger partial charge in [0.2, 0.25) is 0 Å². The van der Waals surface area contributed by atoms with Gasteiger partial charge in [-0.1, -0.05) is 115 Å². The molecule has 0 amide bonds. The van der Waals surface area contributed by atoms with Crippen LogP contribution in [0.1, 0.15) is 0 Å². The molecule has 0 aromatic heterocycles. The maximum atomic E-state index is 2.32. The molecule has 0 fully saturated rings. The summed E-state index contributed by atoms with van der Waals surface area (Å²) in [5, 5.41) is 10.6. The maximum absolute atomic E-state index is 2.32. The highest BCUT2D eigenvalue weighted by Crippen LogP contribution is 2.43. The van der Waals surface area contributed by atoms with Gasteiger partial charge in [-0.05, 0) is 90.6 Å². The molecular formula is C38H25N. The van der Waals surface area contributed by atoms with E-state index in [9.17, 15) is 0 Å². The molecule has 1 nitrogen and oxygen atoms in total. The SMILES string of the molecule is c1ccc(N(c2ccccc2)c2ccc(-c3ccc4c5cccc6cccc(c7cccc3c74)c65)cc2)cc1. The Morgan fingerprint density at radius 1 is 0.308 bits per heavy atom. The van der Waals surface area contributed by atoms with E-state index in [2.05, 4.69) is 157 Å². The van der Waals surface area contributed by atoms with Gasteiger partial charge in [-0.2, -0.15) is 0 Å². The van der Waals surface area contributed by atoms with Crippen LogP contribution < -0.4 is 4.90 Å². The minimum absolute atomic E-state index is 1.14. The lowest BCUT2D eigenvalue weighted by Gasteiger charge is -2.25. The first-order chi connectivity index (χ1) is 19.4. The van der Waals surface area contributed by atoms with E-state index in [0.29, 0.717) is 0 Å². The Kier molecular flexibility index (Phi) is 4.89. The molecule has 0 atom stereocenters. The molecule has 0 N–H and O–H groups in total. The van der Waals surface area contributed by atoms with Crippen molar-refractivity contribution >= 4 is 60.2 Å². The second-order valence-corrected chi connectivity index (χ2v) is 10.2. The summed E-state index contributed by atoms with van der Waals surface area (Å²) in [7, 11) is 0. The Hall–Kier alpha value is -5.14.